The fourth-order valence-electron chi connectivity index (χ4n) is 3.92. The fraction of sp³-hybridized carbons (Fsp3) is 0.281. The number of para-hydroxylation sites is 2. The zero-order chi connectivity index (χ0) is 30.4. The monoisotopic (exact) mass is 561 g/mol. The molecule has 41 heavy (non-hydrogen) atoms. The molecule has 0 aromatic heterocycles. The summed E-state index contributed by atoms with van der Waals surface area (Å²) < 4.78 is 10.3. The first kappa shape index (κ1) is 32.6. The molecule has 0 atom stereocenters. The van der Waals surface area contributed by atoms with Crippen molar-refractivity contribution < 1.29 is 29.0 Å². The summed E-state index contributed by atoms with van der Waals surface area (Å²) in [5.74, 6) is -0.329. The van der Waals surface area contributed by atoms with E-state index >= 15 is 0 Å². The van der Waals surface area contributed by atoms with Crippen molar-refractivity contribution in [2.45, 2.75) is 27.7 Å². The number of likely N-dealkylation sites (N-methyl/N-ethyl adjacent to an activating group) is 1. The average Bonchev–Trinajstić information content (AvgIpc) is 2.97. The summed E-state index contributed by atoms with van der Waals surface area (Å²) in [6.45, 7) is 10.4. The Morgan fingerprint density at radius 3 is 2.07 bits per heavy atom. The fourth-order valence-corrected chi connectivity index (χ4v) is 3.92. The molecule has 0 aliphatic rings. The van der Waals surface area contributed by atoms with Gasteiger partial charge in [-0.3, -0.25) is 14.5 Å². The molecule has 0 saturated heterocycles. The van der Waals surface area contributed by atoms with Gasteiger partial charge in [-0.2, -0.15) is 0 Å². The molecule has 9 nitrogen and oxygen atoms in total. The van der Waals surface area contributed by atoms with Gasteiger partial charge in [-0.15, -0.1) is 0 Å². The van der Waals surface area contributed by atoms with Crippen LogP contribution in [0.15, 0.2) is 66.7 Å². The first-order valence-electron chi connectivity index (χ1n) is 13.2. The lowest BCUT2D eigenvalue weighted by Crippen LogP contribution is -2.33. The molecule has 0 aliphatic heterocycles. The zero-order valence-corrected chi connectivity index (χ0v) is 24.5. The molecular weight excluding hydrogens is 522 g/mol. The molecular formula is C32H39N3O6. The summed E-state index contributed by atoms with van der Waals surface area (Å²) in [5.41, 5.74) is 4.19. The number of nitrogens with one attached hydrogen (secondary N) is 2. The Balaban J connectivity index is 0.000000305. The molecule has 2 amide bonds. The first-order valence-corrected chi connectivity index (χ1v) is 13.2. The number of rotatable bonds is 11. The number of carbonyl (C=O) groups is 3. The molecule has 0 fully saturated rings. The van der Waals surface area contributed by atoms with E-state index in [-0.39, 0.29) is 17.2 Å². The molecule has 3 aromatic rings. The number of methoxy groups -OCH3 is 2. The van der Waals surface area contributed by atoms with Crippen molar-refractivity contribution >= 4 is 35.2 Å². The smallest absolute Gasteiger partial charge is 0.337 e. The second-order valence-electron chi connectivity index (χ2n) is 9.06. The Hall–Kier alpha value is -4.63. The van der Waals surface area contributed by atoms with Gasteiger partial charge >= 0.3 is 5.97 Å². The summed E-state index contributed by atoms with van der Waals surface area (Å²) in [6.07, 6.45) is 2.92. The minimum absolute atomic E-state index is 0.0327. The van der Waals surface area contributed by atoms with E-state index in [2.05, 4.69) is 29.4 Å². The molecule has 0 spiro atoms. The van der Waals surface area contributed by atoms with Crippen LogP contribution in [0.3, 0.4) is 0 Å². The number of carboxylic acid groups (broad SMARTS) is 1. The second kappa shape index (κ2) is 16.5. The lowest BCUT2D eigenvalue weighted by molar-refractivity contribution is -0.117. The zero-order valence-electron chi connectivity index (χ0n) is 24.5. The standard InChI is InChI=1S/C18H17NO5.C14H22N2O/c1-23-15-9-7-12(11-16(15)24-2)8-10-17(20)19-14-6-4-3-5-13(14)18(21)22;1-5-16(6-2)10-13(17)15-14-11(3)8-7-9-12(14)4/h3-11H,1-2H3,(H,19,20)(H,21,22);7-9H,5-6,10H2,1-4H3,(H,15,17)/b10-8+;. The molecule has 0 heterocycles. The lowest BCUT2D eigenvalue weighted by Gasteiger charge is -2.18. The summed E-state index contributed by atoms with van der Waals surface area (Å²) in [5, 5.41) is 14.6. The van der Waals surface area contributed by atoms with E-state index in [1.807, 2.05) is 32.0 Å². The van der Waals surface area contributed by atoms with Crippen LogP contribution < -0.4 is 20.1 Å². The van der Waals surface area contributed by atoms with Gasteiger partial charge in [0.1, 0.15) is 0 Å². The molecule has 0 unspecified atom stereocenters. The predicted octanol–water partition coefficient (Wildman–Crippen LogP) is 5.64. The molecule has 0 aliphatic carbocycles. The van der Waals surface area contributed by atoms with Crippen LogP contribution in [0.1, 0.15) is 40.9 Å². The van der Waals surface area contributed by atoms with E-state index in [1.165, 1.54) is 25.3 Å². The first-order chi connectivity index (χ1) is 19.6. The largest absolute Gasteiger partial charge is 0.493 e. The number of carbonyl (C=O) groups excluding carboxylic acids is 2. The topological polar surface area (TPSA) is 117 Å². The number of aromatic carboxylic acids is 1. The third-order valence-corrected chi connectivity index (χ3v) is 6.26. The second-order valence-corrected chi connectivity index (χ2v) is 9.06. The molecule has 3 aromatic carbocycles. The van der Waals surface area contributed by atoms with Crippen LogP contribution >= 0.6 is 0 Å². The van der Waals surface area contributed by atoms with E-state index in [0.29, 0.717) is 18.0 Å². The van der Waals surface area contributed by atoms with Gasteiger partial charge in [0.2, 0.25) is 11.8 Å². The van der Waals surface area contributed by atoms with Crippen LogP contribution in [0.5, 0.6) is 11.5 Å². The molecule has 0 radical (unpaired) electrons. The maximum atomic E-state index is 12.0. The van der Waals surface area contributed by atoms with Gasteiger partial charge in [-0.25, -0.2) is 4.79 Å². The third kappa shape index (κ3) is 10.1. The number of hydrogen-bond donors (Lipinski definition) is 3. The van der Waals surface area contributed by atoms with E-state index in [0.717, 1.165) is 35.5 Å². The summed E-state index contributed by atoms with van der Waals surface area (Å²) in [4.78, 5) is 37.1. The molecule has 9 heteroatoms. The average molecular weight is 562 g/mol. The van der Waals surface area contributed by atoms with E-state index in [1.54, 1.807) is 43.5 Å². The SMILES string of the molecule is CCN(CC)CC(=O)Nc1c(C)cccc1C.COc1ccc(/C=C/C(=O)Nc2ccccc2C(=O)O)cc1OC. The van der Waals surface area contributed by atoms with Crippen LogP contribution in [-0.2, 0) is 9.59 Å². The van der Waals surface area contributed by atoms with Gasteiger partial charge < -0.3 is 25.2 Å². The highest BCUT2D eigenvalue weighted by molar-refractivity contribution is 6.06. The van der Waals surface area contributed by atoms with Crippen molar-refractivity contribution in [3.8, 4) is 11.5 Å². The van der Waals surface area contributed by atoms with Crippen LogP contribution in [0.2, 0.25) is 0 Å². The van der Waals surface area contributed by atoms with Crippen LogP contribution in [-0.4, -0.2) is 61.6 Å². The number of amides is 2. The summed E-state index contributed by atoms with van der Waals surface area (Å²) in [7, 11) is 3.07. The van der Waals surface area contributed by atoms with Gasteiger partial charge in [0.05, 0.1) is 32.0 Å². The predicted molar refractivity (Wildman–Crippen MR) is 163 cm³/mol. The van der Waals surface area contributed by atoms with Gasteiger partial charge in [0.15, 0.2) is 11.5 Å². The third-order valence-electron chi connectivity index (χ3n) is 6.26. The van der Waals surface area contributed by atoms with Crippen LogP contribution in [0.25, 0.3) is 6.08 Å². The Morgan fingerprint density at radius 1 is 0.854 bits per heavy atom. The van der Waals surface area contributed by atoms with Crippen molar-refractivity contribution in [1.29, 1.82) is 0 Å². The van der Waals surface area contributed by atoms with Gasteiger partial charge in [-0.05, 0) is 74.0 Å². The molecule has 3 N–H and O–H groups in total. The van der Waals surface area contributed by atoms with E-state index in [4.69, 9.17) is 14.6 Å². The minimum atomic E-state index is -1.10. The number of nitrogens with zero attached hydrogens (tertiary/aromatic N) is 1. The lowest BCUT2D eigenvalue weighted by atomic mass is 10.1. The molecule has 0 bridgehead atoms. The van der Waals surface area contributed by atoms with Crippen molar-refractivity contribution in [2.24, 2.45) is 0 Å². The highest BCUT2D eigenvalue weighted by atomic mass is 16.5. The highest BCUT2D eigenvalue weighted by Gasteiger charge is 2.11. The van der Waals surface area contributed by atoms with Crippen LogP contribution in [0, 0.1) is 13.8 Å². The maximum Gasteiger partial charge on any atom is 0.337 e. The van der Waals surface area contributed by atoms with Crippen molar-refractivity contribution in [1.82, 2.24) is 4.90 Å². The Kier molecular flexibility index (Phi) is 13.1. The van der Waals surface area contributed by atoms with Crippen molar-refractivity contribution in [3.05, 3.63) is 89.0 Å². The van der Waals surface area contributed by atoms with Gasteiger partial charge in [0, 0.05) is 11.8 Å². The number of aryl methyl sites for hydroxylation is 2. The maximum absolute atomic E-state index is 12.0. The minimum Gasteiger partial charge on any atom is -0.493 e. The summed E-state index contributed by atoms with van der Waals surface area (Å²) in [6, 6.07) is 17.5. The number of benzene rings is 3. The number of ether oxygens (including phenoxy) is 2. The molecule has 0 saturated carbocycles. The number of hydrogen-bond acceptors (Lipinski definition) is 6. The van der Waals surface area contributed by atoms with Crippen molar-refractivity contribution in [2.75, 3.05) is 44.5 Å². The summed E-state index contributed by atoms with van der Waals surface area (Å²) >= 11 is 0. The van der Waals surface area contributed by atoms with Crippen LogP contribution in [0.4, 0.5) is 11.4 Å². The highest BCUT2D eigenvalue weighted by Crippen LogP contribution is 2.28. The van der Waals surface area contributed by atoms with Gasteiger partial charge in [-0.1, -0.05) is 50.2 Å². The molecule has 218 valence electrons. The van der Waals surface area contributed by atoms with Gasteiger partial charge in [0.25, 0.3) is 0 Å². The normalized spacial score (nSPS) is 10.5. The quantitative estimate of drug-likeness (QED) is 0.260. The molecule has 3 rings (SSSR count). The van der Waals surface area contributed by atoms with E-state index < -0.39 is 11.9 Å². The number of carboxylic acids is 1. The van der Waals surface area contributed by atoms with E-state index in [9.17, 15) is 14.4 Å². The Labute approximate surface area is 241 Å². The Morgan fingerprint density at radius 2 is 1.49 bits per heavy atom. The van der Waals surface area contributed by atoms with Crippen molar-refractivity contribution in [3.63, 3.8) is 0 Å². The Bertz CT molecular complexity index is 1350. The number of anilines is 2.